The maximum atomic E-state index is 9.13. The van der Waals surface area contributed by atoms with Crippen molar-refractivity contribution in [3.05, 3.63) is 53.6 Å². The van der Waals surface area contributed by atoms with E-state index in [-0.39, 0.29) is 0 Å². The van der Waals surface area contributed by atoms with E-state index < -0.39 is 0 Å². The highest BCUT2D eigenvalue weighted by molar-refractivity contribution is 5.26. The van der Waals surface area contributed by atoms with Gasteiger partial charge in [-0.3, -0.25) is 9.88 Å². The lowest BCUT2D eigenvalue weighted by Gasteiger charge is -2.41. The lowest BCUT2D eigenvalue weighted by atomic mass is 9.90. The molecule has 2 fully saturated rings. The first kappa shape index (κ1) is 20.1. The van der Waals surface area contributed by atoms with E-state index in [1.54, 1.807) is 0 Å². The number of nitrogens with one attached hydrogen (secondary N) is 1. The first-order chi connectivity index (χ1) is 14.3. The number of aromatic nitrogens is 2. The molecule has 5 heteroatoms. The van der Waals surface area contributed by atoms with E-state index in [0.29, 0.717) is 5.69 Å². The number of H-pyrrole nitrogens is 1. The summed E-state index contributed by atoms with van der Waals surface area (Å²) in [6, 6.07) is 9.18. The highest BCUT2D eigenvalue weighted by atomic mass is 15.2. The maximum absolute atomic E-state index is 9.13. The Hall–Kier alpha value is -2.16. The van der Waals surface area contributed by atoms with Crippen molar-refractivity contribution in [2.24, 2.45) is 5.92 Å². The van der Waals surface area contributed by atoms with Crippen LogP contribution in [0.3, 0.4) is 0 Å². The van der Waals surface area contributed by atoms with E-state index in [1.165, 1.54) is 69.2 Å². The Morgan fingerprint density at radius 1 is 1.14 bits per heavy atom. The molecule has 154 valence electrons. The number of likely N-dealkylation sites (tertiary alicyclic amines) is 1. The summed E-state index contributed by atoms with van der Waals surface area (Å²) in [4.78, 5) is 12.7. The van der Waals surface area contributed by atoms with E-state index in [1.807, 2.05) is 30.7 Å². The van der Waals surface area contributed by atoms with Crippen molar-refractivity contribution in [2.45, 2.75) is 64.1 Å². The van der Waals surface area contributed by atoms with E-state index in [2.05, 4.69) is 31.9 Å². The van der Waals surface area contributed by atoms with Gasteiger partial charge in [-0.05, 0) is 61.4 Å². The van der Waals surface area contributed by atoms with Crippen LogP contribution in [-0.2, 0) is 13.1 Å². The number of aromatic amines is 1. The van der Waals surface area contributed by atoms with E-state index in [9.17, 15) is 0 Å². The third-order valence-corrected chi connectivity index (χ3v) is 6.56. The smallest absolute Gasteiger partial charge is 0.117 e. The molecule has 1 saturated carbocycles. The van der Waals surface area contributed by atoms with Gasteiger partial charge in [0.25, 0.3) is 0 Å². The van der Waals surface area contributed by atoms with E-state index in [0.717, 1.165) is 31.6 Å². The summed E-state index contributed by atoms with van der Waals surface area (Å²) in [6.45, 7) is 5.40. The molecule has 1 saturated heterocycles. The maximum Gasteiger partial charge on any atom is 0.117 e. The molecule has 2 aliphatic rings. The minimum atomic E-state index is 0.641. The largest absolute Gasteiger partial charge is 0.353 e. The van der Waals surface area contributed by atoms with E-state index in [4.69, 9.17) is 5.26 Å². The number of rotatable bonds is 7. The zero-order valence-corrected chi connectivity index (χ0v) is 17.4. The van der Waals surface area contributed by atoms with Crippen LogP contribution in [0.2, 0.25) is 0 Å². The molecule has 3 heterocycles. The second-order valence-corrected chi connectivity index (χ2v) is 8.86. The van der Waals surface area contributed by atoms with Crippen LogP contribution in [0.15, 0.2) is 36.8 Å². The molecule has 29 heavy (non-hydrogen) atoms. The number of nitrogens with zero attached hydrogens (tertiary/aromatic N) is 4. The molecule has 1 atom stereocenters. The predicted octanol–water partition coefficient (Wildman–Crippen LogP) is 4.33. The predicted molar refractivity (Wildman–Crippen MR) is 115 cm³/mol. The van der Waals surface area contributed by atoms with Gasteiger partial charge in [-0.25, -0.2) is 0 Å². The molecule has 0 aromatic carbocycles. The number of hydrogen-bond donors (Lipinski definition) is 1. The van der Waals surface area contributed by atoms with Gasteiger partial charge in [0, 0.05) is 50.8 Å². The monoisotopic (exact) mass is 391 g/mol. The molecule has 0 spiro atoms. The molecule has 0 unspecified atom stereocenters. The molecule has 0 amide bonds. The normalized spacial score (nSPS) is 21.3. The second-order valence-electron chi connectivity index (χ2n) is 8.86. The zero-order valence-electron chi connectivity index (χ0n) is 17.4. The molecule has 1 aliphatic heterocycles. The number of hydrogen-bond acceptors (Lipinski definition) is 4. The summed E-state index contributed by atoms with van der Waals surface area (Å²) in [7, 11) is 0. The third-order valence-electron chi connectivity index (χ3n) is 6.56. The van der Waals surface area contributed by atoms with Gasteiger partial charge in [-0.1, -0.05) is 25.3 Å². The molecule has 0 bridgehead atoms. The average molecular weight is 392 g/mol. The van der Waals surface area contributed by atoms with Gasteiger partial charge in [-0.15, -0.1) is 0 Å². The topological polar surface area (TPSA) is 59.0 Å². The molecule has 1 aliphatic carbocycles. The zero-order chi connectivity index (χ0) is 19.9. The van der Waals surface area contributed by atoms with E-state index >= 15 is 0 Å². The van der Waals surface area contributed by atoms with Gasteiger partial charge < -0.3 is 9.88 Å². The number of pyridine rings is 1. The van der Waals surface area contributed by atoms with Gasteiger partial charge in [0.05, 0.1) is 0 Å². The Kier molecular flexibility index (Phi) is 6.97. The standard InChI is InChI=1S/C24H33N5/c25-13-23-12-22(15-27-23)18-28(16-20-6-4-10-26-14-20)17-21-7-5-11-29(19-21)24-8-2-1-3-9-24/h4,6,10,12,14-15,21,24,27H,1-3,5,7-9,11,16-19H2/t21-/m1/s1. The number of piperidine rings is 1. The minimum Gasteiger partial charge on any atom is -0.353 e. The van der Waals surface area contributed by atoms with Crippen LogP contribution < -0.4 is 0 Å². The number of nitriles is 1. The summed E-state index contributed by atoms with van der Waals surface area (Å²) in [5.41, 5.74) is 3.08. The fraction of sp³-hybridized carbons (Fsp3) is 0.583. The van der Waals surface area contributed by atoms with Crippen LogP contribution in [0, 0.1) is 17.2 Å². The first-order valence-corrected chi connectivity index (χ1v) is 11.2. The molecule has 0 radical (unpaired) electrons. The summed E-state index contributed by atoms with van der Waals surface area (Å²) >= 11 is 0. The molecular formula is C24H33N5. The Labute approximate surface area is 174 Å². The van der Waals surface area contributed by atoms with Crippen molar-refractivity contribution in [3.8, 4) is 6.07 Å². The SMILES string of the molecule is N#Cc1cc(CN(Cc2cccnc2)C[C@H]2CCCN(C3CCCCC3)C2)c[nH]1. The van der Waals surface area contributed by atoms with Crippen molar-refractivity contribution >= 4 is 0 Å². The molecular weight excluding hydrogens is 358 g/mol. The minimum absolute atomic E-state index is 0.641. The van der Waals surface area contributed by atoms with Crippen LogP contribution in [0.1, 0.15) is 61.8 Å². The first-order valence-electron chi connectivity index (χ1n) is 11.2. The van der Waals surface area contributed by atoms with Gasteiger partial charge in [-0.2, -0.15) is 5.26 Å². The van der Waals surface area contributed by atoms with Crippen molar-refractivity contribution < 1.29 is 0 Å². The lowest BCUT2D eigenvalue weighted by molar-refractivity contribution is 0.0771. The van der Waals surface area contributed by atoms with Gasteiger partial charge >= 0.3 is 0 Å². The Bertz CT molecular complexity index is 787. The fourth-order valence-corrected chi connectivity index (χ4v) is 5.18. The lowest BCUT2D eigenvalue weighted by Crippen LogP contribution is -2.46. The molecule has 2 aromatic rings. The summed E-state index contributed by atoms with van der Waals surface area (Å²) in [5, 5.41) is 9.13. The highest BCUT2D eigenvalue weighted by Gasteiger charge is 2.28. The van der Waals surface area contributed by atoms with Crippen molar-refractivity contribution in [2.75, 3.05) is 19.6 Å². The third kappa shape index (κ3) is 5.68. The van der Waals surface area contributed by atoms with Crippen molar-refractivity contribution in [3.63, 3.8) is 0 Å². The summed E-state index contributed by atoms with van der Waals surface area (Å²) < 4.78 is 0. The molecule has 5 nitrogen and oxygen atoms in total. The highest BCUT2D eigenvalue weighted by Crippen LogP contribution is 2.28. The van der Waals surface area contributed by atoms with Crippen LogP contribution in [-0.4, -0.2) is 45.4 Å². The Morgan fingerprint density at radius 2 is 2.00 bits per heavy atom. The quantitative estimate of drug-likeness (QED) is 0.763. The second kappa shape index (κ2) is 10.0. The Balaban J connectivity index is 1.41. The van der Waals surface area contributed by atoms with Crippen molar-refractivity contribution in [1.82, 2.24) is 19.8 Å². The Morgan fingerprint density at radius 3 is 2.76 bits per heavy atom. The van der Waals surface area contributed by atoms with Gasteiger partial charge in [0.15, 0.2) is 0 Å². The fourth-order valence-electron chi connectivity index (χ4n) is 5.18. The van der Waals surface area contributed by atoms with Crippen molar-refractivity contribution in [1.29, 1.82) is 5.26 Å². The average Bonchev–Trinajstić information content (AvgIpc) is 3.23. The van der Waals surface area contributed by atoms with Crippen LogP contribution >= 0.6 is 0 Å². The van der Waals surface area contributed by atoms with Gasteiger partial charge in [0.2, 0.25) is 0 Å². The molecule has 1 N–H and O–H groups in total. The summed E-state index contributed by atoms with van der Waals surface area (Å²) in [5.74, 6) is 0.719. The van der Waals surface area contributed by atoms with Gasteiger partial charge in [0.1, 0.15) is 11.8 Å². The molecule has 2 aromatic heterocycles. The molecule has 4 rings (SSSR count). The van der Waals surface area contributed by atoms with Crippen LogP contribution in [0.4, 0.5) is 0 Å². The summed E-state index contributed by atoms with van der Waals surface area (Å²) in [6.07, 6.45) is 15.5. The van der Waals surface area contributed by atoms with Crippen LogP contribution in [0.25, 0.3) is 0 Å². The van der Waals surface area contributed by atoms with Crippen LogP contribution in [0.5, 0.6) is 0 Å².